The number of carboxylic acid groups (broad SMARTS) is 1. The molecule has 0 saturated carbocycles. The number of rotatable bonds is 2. The summed E-state index contributed by atoms with van der Waals surface area (Å²) in [5.41, 5.74) is 2.33. The molecule has 0 amide bonds. The van der Waals surface area contributed by atoms with Crippen molar-refractivity contribution in [1.29, 1.82) is 0 Å². The molecular weight excluding hydrogens is 228 g/mol. The zero-order chi connectivity index (χ0) is 13.1. The molecular formula is C14H20N2O2. The first-order valence-corrected chi connectivity index (χ1v) is 6.29. The third-order valence-corrected chi connectivity index (χ3v) is 3.44. The van der Waals surface area contributed by atoms with Crippen LogP contribution < -0.4 is 4.90 Å². The first-order chi connectivity index (χ1) is 8.56. The number of hydrogen-bond acceptors (Lipinski definition) is 3. The van der Waals surface area contributed by atoms with Gasteiger partial charge in [-0.3, -0.25) is 4.79 Å². The Balaban J connectivity index is 2.19. The largest absolute Gasteiger partial charge is 0.481 e. The Morgan fingerprint density at radius 2 is 2.11 bits per heavy atom. The van der Waals surface area contributed by atoms with E-state index in [1.165, 1.54) is 5.56 Å². The number of carbonyl (C=O) groups is 1. The maximum absolute atomic E-state index is 11.2. The Morgan fingerprint density at radius 1 is 1.33 bits per heavy atom. The summed E-state index contributed by atoms with van der Waals surface area (Å²) in [6.45, 7) is 5.05. The van der Waals surface area contributed by atoms with Gasteiger partial charge >= 0.3 is 5.97 Å². The molecule has 4 nitrogen and oxygen atoms in total. The highest BCUT2D eigenvalue weighted by molar-refractivity contribution is 5.71. The van der Waals surface area contributed by atoms with Gasteiger partial charge in [-0.15, -0.1) is 0 Å². The Bertz CT molecular complexity index is 434. The zero-order valence-electron chi connectivity index (χ0n) is 11.0. The molecule has 1 heterocycles. The molecule has 1 aliphatic rings. The van der Waals surface area contributed by atoms with Crippen LogP contribution in [0.1, 0.15) is 5.56 Å². The Kier molecular flexibility index (Phi) is 3.87. The monoisotopic (exact) mass is 248 g/mol. The van der Waals surface area contributed by atoms with Gasteiger partial charge in [0.15, 0.2) is 0 Å². The van der Waals surface area contributed by atoms with E-state index in [1.54, 1.807) is 0 Å². The molecule has 1 aliphatic heterocycles. The lowest BCUT2D eigenvalue weighted by molar-refractivity contribution is -0.141. The number of benzene rings is 1. The van der Waals surface area contributed by atoms with Crippen LogP contribution in [0.4, 0.5) is 5.69 Å². The van der Waals surface area contributed by atoms with Crippen molar-refractivity contribution in [3.63, 3.8) is 0 Å². The molecule has 2 rings (SSSR count). The number of hydrogen-bond donors (Lipinski definition) is 1. The van der Waals surface area contributed by atoms with Gasteiger partial charge in [0, 0.05) is 31.9 Å². The van der Waals surface area contributed by atoms with Gasteiger partial charge in [0.25, 0.3) is 0 Å². The predicted octanol–water partition coefficient (Wildman–Crippen LogP) is 1.45. The van der Waals surface area contributed by atoms with E-state index in [1.807, 2.05) is 13.1 Å². The van der Waals surface area contributed by atoms with Gasteiger partial charge in [-0.1, -0.05) is 12.1 Å². The smallest absolute Gasteiger partial charge is 0.309 e. The molecule has 1 unspecified atom stereocenters. The molecule has 0 aromatic heterocycles. The highest BCUT2D eigenvalue weighted by atomic mass is 16.4. The summed E-state index contributed by atoms with van der Waals surface area (Å²) >= 11 is 0. The molecule has 1 atom stereocenters. The van der Waals surface area contributed by atoms with Crippen molar-refractivity contribution >= 4 is 11.7 Å². The molecule has 1 N–H and O–H groups in total. The van der Waals surface area contributed by atoms with E-state index < -0.39 is 5.97 Å². The van der Waals surface area contributed by atoms with Crippen LogP contribution in [-0.4, -0.2) is 49.2 Å². The molecule has 0 aliphatic carbocycles. The summed E-state index contributed by atoms with van der Waals surface area (Å²) in [6.07, 6.45) is 0. The van der Waals surface area contributed by atoms with Crippen molar-refractivity contribution < 1.29 is 9.90 Å². The maximum Gasteiger partial charge on any atom is 0.309 e. The Morgan fingerprint density at radius 3 is 2.78 bits per heavy atom. The molecule has 1 aromatic carbocycles. The molecule has 0 bridgehead atoms. The summed E-state index contributed by atoms with van der Waals surface area (Å²) < 4.78 is 0. The van der Waals surface area contributed by atoms with Crippen LogP contribution in [0.2, 0.25) is 0 Å². The minimum absolute atomic E-state index is 0.321. The number of nitrogens with zero attached hydrogens (tertiary/aromatic N) is 2. The quantitative estimate of drug-likeness (QED) is 0.860. The number of aliphatic carboxylic acids is 1. The Labute approximate surface area is 108 Å². The van der Waals surface area contributed by atoms with Crippen LogP contribution in [0.3, 0.4) is 0 Å². The van der Waals surface area contributed by atoms with E-state index in [-0.39, 0.29) is 5.92 Å². The fourth-order valence-electron chi connectivity index (χ4n) is 2.39. The van der Waals surface area contributed by atoms with Gasteiger partial charge in [0.1, 0.15) is 0 Å². The fraction of sp³-hybridized carbons (Fsp3) is 0.500. The predicted molar refractivity (Wildman–Crippen MR) is 72.0 cm³/mol. The van der Waals surface area contributed by atoms with E-state index in [0.29, 0.717) is 13.1 Å². The Hall–Kier alpha value is -1.55. The second-order valence-corrected chi connectivity index (χ2v) is 5.08. The van der Waals surface area contributed by atoms with Crippen molar-refractivity contribution in [1.82, 2.24) is 4.90 Å². The highest BCUT2D eigenvalue weighted by Crippen LogP contribution is 2.19. The van der Waals surface area contributed by atoms with Crippen LogP contribution in [-0.2, 0) is 4.79 Å². The summed E-state index contributed by atoms with van der Waals surface area (Å²) in [6, 6.07) is 8.25. The van der Waals surface area contributed by atoms with Crippen molar-refractivity contribution in [3.8, 4) is 0 Å². The van der Waals surface area contributed by atoms with Crippen molar-refractivity contribution in [2.45, 2.75) is 6.92 Å². The third-order valence-electron chi connectivity index (χ3n) is 3.44. The molecule has 1 fully saturated rings. The summed E-state index contributed by atoms with van der Waals surface area (Å²) in [7, 11) is 1.98. The molecule has 98 valence electrons. The van der Waals surface area contributed by atoms with Gasteiger partial charge in [-0.2, -0.15) is 0 Å². The van der Waals surface area contributed by atoms with Gasteiger partial charge in [0.2, 0.25) is 0 Å². The van der Waals surface area contributed by atoms with E-state index in [0.717, 1.165) is 18.8 Å². The first-order valence-electron chi connectivity index (χ1n) is 6.29. The van der Waals surface area contributed by atoms with Crippen molar-refractivity contribution in [2.24, 2.45) is 5.92 Å². The second-order valence-electron chi connectivity index (χ2n) is 5.08. The summed E-state index contributed by atoms with van der Waals surface area (Å²) in [4.78, 5) is 15.5. The van der Waals surface area contributed by atoms with Crippen LogP contribution in [0.15, 0.2) is 24.3 Å². The number of likely N-dealkylation sites (N-methyl/N-ethyl adjacent to an activating group) is 1. The van der Waals surface area contributed by atoms with Crippen LogP contribution in [0.5, 0.6) is 0 Å². The fourth-order valence-corrected chi connectivity index (χ4v) is 2.39. The summed E-state index contributed by atoms with van der Waals surface area (Å²) in [5.74, 6) is -1.03. The normalized spacial score (nSPS) is 21.7. The number of anilines is 1. The average Bonchev–Trinajstić information content (AvgIpc) is 2.51. The lowest BCUT2D eigenvalue weighted by Crippen LogP contribution is -2.33. The minimum atomic E-state index is -0.707. The molecule has 1 saturated heterocycles. The molecule has 1 aromatic rings. The van der Waals surface area contributed by atoms with Gasteiger partial charge in [-0.05, 0) is 31.7 Å². The SMILES string of the molecule is Cc1cccc(N2CCN(C)CC(C(=O)O)C2)c1. The van der Waals surface area contributed by atoms with E-state index in [9.17, 15) is 9.90 Å². The maximum atomic E-state index is 11.2. The van der Waals surface area contributed by atoms with Gasteiger partial charge in [-0.25, -0.2) is 0 Å². The molecule has 0 spiro atoms. The van der Waals surface area contributed by atoms with Gasteiger partial charge < -0.3 is 14.9 Å². The molecule has 0 radical (unpaired) electrons. The highest BCUT2D eigenvalue weighted by Gasteiger charge is 2.26. The topological polar surface area (TPSA) is 43.8 Å². The first kappa shape index (κ1) is 12.9. The lowest BCUT2D eigenvalue weighted by Gasteiger charge is -2.24. The standard InChI is InChI=1S/C14H20N2O2/c1-11-4-3-5-13(8-11)16-7-6-15(2)9-12(10-16)14(17)18/h3-5,8,12H,6-7,9-10H2,1-2H3,(H,17,18). The molecule has 4 heteroatoms. The lowest BCUT2D eigenvalue weighted by atomic mass is 10.1. The second kappa shape index (κ2) is 5.40. The third kappa shape index (κ3) is 3.01. The van der Waals surface area contributed by atoms with Gasteiger partial charge in [0.05, 0.1) is 5.92 Å². The number of aryl methyl sites for hydroxylation is 1. The van der Waals surface area contributed by atoms with E-state index >= 15 is 0 Å². The average molecular weight is 248 g/mol. The minimum Gasteiger partial charge on any atom is -0.481 e. The van der Waals surface area contributed by atoms with Crippen molar-refractivity contribution in [3.05, 3.63) is 29.8 Å². The number of carboxylic acids is 1. The van der Waals surface area contributed by atoms with Crippen LogP contribution >= 0.6 is 0 Å². The summed E-state index contributed by atoms with van der Waals surface area (Å²) in [5, 5.41) is 9.25. The van der Waals surface area contributed by atoms with Crippen LogP contribution in [0.25, 0.3) is 0 Å². The van der Waals surface area contributed by atoms with Crippen molar-refractivity contribution in [2.75, 3.05) is 38.1 Å². The molecule has 18 heavy (non-hydrogen) atoms. The van der Waals surface area contributed by atoms with Crippen LogP contribution in [0, 0.1) is 12.8 Å². The van der Waals surface area contributed by atoms with E-state index in [4.69, 9.17) is 0 Å². The van der Waals surface area contributed by atoms with E-state index in [2.05, 4.69) is 34.9 Å². The zero-order valence-corrected chi connectivity index (χ0v) is 11.0.